The lowest BCUT2D eigenvalue weighted by atomic mass is 9.86. The molecule has 0 amide bonds. The molecule has 164 valence electrons. The fourth-order valence-electron chi connectivity index (χ4n) is 5.26. The van der Waals surface area contributed by atoms with Crippen molar-refractivity contribution >= 4 is 32.8 Å². The summed E-state index contributed by atoms with van der Waals surface area (Å²) in [6, 6.07) is 30.2. The SMILES string of the molecule is Cc1ccc(-c2c3ccccc3c(-c3ccc(C)cc3C)c3nc4ccccc4nc23)c(C)c1. The molecule has 0 saturated carbocycles. The lowest BCUT2D eigenvalue weighted by Gasteiger charge is -2.19. The van der Waals surface area contributed by atoms with Crippen LogP contribution in [-0.2, 0) is 0 Å². The van der Waals surface area contributed by atoms with E-state index in [2.05, 4.69) is 100 Å². The predicted octanol–water partition coefficient (Wildman–Crippen LogP) is 8.50. The van der Waals surface area contributed by atoms with Crippen LogP contribution in [0.5, 0.6) is 0 Å². The molecule has 2 heteroatoms. The van der Waals surface area contributed by atoms with Gasteiger partial charge in [-0.15, -0.1) is 0 Å². The molecule has 0 atom stereocenters. The van der Waals surface area contributed by atoms with Gasteiger partial charge in [-0.2, -0.15) is 0 Å². The first-order chi connectivity index (χ1) is 16.5. The van der Waals surface area contributed by atoms with E-state index in [-0.39, 0.29) is 0 Å². The van der Waals surface area contributed by atoms with Gasteiger partial charge in [0.1, 0.15) is 0 Å². The van der Waals surface area contributed by atoms with Crippen LogP contribution in [0.2, 0.25) is 0 Å². The van der Waals surface area contributed by atoms with Crippen molar-refractivity contribution in [1.82, 2.24) is 9.97 Å². The minimum Gasteiger partial charge on any atom is -0.244 e. The van der Waals surface area contributed by atoms with E-state index in [1.165, 1.54) is 44.2 Å². The Balaban J connectivity index is 1.88. The second-order valence-electron chi connectivity index (χ2n) is 9.34. The van der Waals surface area contributed by atoms with Crippen molar-refractivity contribution in [3.8, 4) is 22.3 Å². The highest BCUT2D eigenvalue weighted by atomic mass is 14.8. The molecule has 0 aliphatic heterocycles. The van der Waals surface area contributed by atoms with Gasteiger partial charge >= 0.3 is 0 Å². The van der Waals surface area contributed by atoms with Gasteiger partial charge in [0.2, 0.25) is 0 Å². The van der Waals surface area contributed by atoms with Gasteiger partial charge in [-0.25, -0.2) is 9.97 Å². The number of rotatable bonds is 2. The zero-order chi connectivity index (χ0) is 23.4. The highest BCUT2D eigenvalue weighted by molar-refractivity contribution is 6.20. The molecule has 0 fully saturated rings. The molecule has 0 aliphatic carbocycles. The lowest BCUT2D eigenvalue weighted by molar-refractivity contribution is 1.36. The largest absolute Gasteiger partial charge is 0.244 e. The summed E-state index contributed by atoms with van der Waals surface area (Å²) in [5.74, 6) is 0. The molecule has 6 aromatic rings. The van der Waals surface area contributed by atoms with Crippen molar-refractivity contribution in [2.45, 2.75) is 27.7 Å². The van der Waals surface area contributed by atoms with Crippen LogP contribution in [0, 0.1) is 27.7 Å². The van der Waals surface area contributed by atoms with Crippen molar-refractivity contribution in [2.75, 3.05) is 0 Å². The Morgan fingerprint density at radius 1 is 0.471 bits per heavy atom. The fourth-order valence-corrected chi connectivity index (χ4v) is 5.26. The second kappa shape index (κ2) is 7.78. The van der Waals surface area contributed by atoms with Crippen LogP contribution in [0.1, 0.15) is 22.3 Å². The molecule has 1 heterocycles. The molecule has 6 rings (SSSR count). The Morgan fingerprint density at radius 2 is 0.882 bits per heavy atom. The molecule has 0 unspecified atom stereocenters. The Hall–Kier alpha value is -4.04. The van der Waals surface area contributed by atoms with Gasteiger partial charge in [0, 0.05) is 11.1 Å². The molecule has 2 nitrogen and oxygen atoms in total. The monoisotopic (exact) mass is 438 g/mol. The normalized spacial score (nSPS) is 11.5. The number of benzene rings is 5. The topological polar surface area (TPSA) is 25.8 Å². The van der Waals surface area contributed by atoms with Gasteiger partial charge in [0.25, 0.3) is 0 Å². The van der Waals surface area contributed by atoms with Crippen molar-refractivity contribution in [1.29, 1.82) is 0 Å². The minimum atomic E-state index is 0.919. The number of aryl methyl sites for hydroxylation is 4. The molecule has 0 radical (unpaired) electrons. The molecule has 34 heavy (non-hydrogen) atoms. The van der Waals surface area contributed by atoms with Crippen LogP contribution in [0.15, 0.2) is 84.9 Å². The number of aromatic nitrogens is 2. The standard InChI is InChI=1S/C32H26N2/c1-19-13-15-23(21(3)17-19)29-25-9-5-6-10-26(25)30(24-16-14-20(2)18-22(24)4)32-31(29)33-27-11-7-8-12-28(27)34-32/h5-18H,1-4H3. The third-order valence-corrected chi connectivity index (χ3v) is 6.81. The van der Waals surface area contributed by atoms with Gasteiger partial charge < -0.3 is 0 Å². The Bertz CT molecular complexity index is 1620. The molecule has 5 aromatic carbocycles. The van der Waals surface area contributed by atoms with Crippen LogP contribution in [0.4, 0.5) is 0 Å². The molecule has 0 N–H and O–H groups in total. The van der Waals surface area contributed by atoms with Crippen molar-refractivity contribution in [2.24, 2.45) is 0 Å². The van der Waals surface area contributed by atoms with E-state index in [1.54, 1.807) is 0 Å². The Labute approximate surface area is 199 Å². The van der Waals surface area contributed by atoms with Crippen molar-refractivity contribution < 1.29 is 0 Å². The van der Waals surface area contributed by atoms with Crippen LogP contribution in [0.3, 0.4) is 0 Å². The molecular weight excluding hydrogens is 412 g/mol. The summed E-state index contributed by atoms with van der Waals surface area (Å²) in [7, 11) is 0. The number of hydrogen-bond donors (Lipinski definition) is 0. The number of hydrogen-bond acceptors (Lipinski definition) is 2. The molecule has 0 aliphatic rings. The summed E-state index contributed by atoms with van der Waals surface area (Å²) < 4.78 is 0. The smallest absolute Gasteiger partial charge is 0.0985 e. The van der Waals surface area contributed by atoms with E-state index in [0.29, 0.717) is 0 Å². The summed E-state index contributed by atoms with van der Waals surface area (Å²) >= 11 is 0. The van der Waals surface area contributed by atoms with E-state index in [9.17, 15) is 0 Å². The maximum atomic E-state index is 5.24. The third-order valence-electron chi connectivity index (χ3n) is 6.81. The maximum absolute atomic E-state index is 5.24. The zero-order valence-corrected chi connectivity index (χ0v) is 20.0. The third kappa shape index (κ3) is 3.18. The van der Waals surface area contributed by atoms with E-state index in [1.807, 2.05) is 12.1 Å². The van der Waals surface area contributed by atoms with E-state index < -0.39 is 0 Å². The van der Waals surface area contributed by atoms with Crippen LogP contribution < -0.4 is 0 Å². The summed E-state index contributed by atoms with van der Waals surface area (Å²) in [4.78, 5) is 10.5. The first kappa shape index (κ1) is 20.6. The van der Waals surface area contributed by atoms with Gasteiger partial charge in [0.15, 0.2) is 0 Å². The predicted molar refractivity (Wildman–Crippen MR) is 144 cm³/mol. The van der Waals surface area contributed by atoms with E-state index in [0.717, 1.165) is 33.2 Å². The Morgan fingerprint density at radius 3 is 1.29 bits per heavy atom. The molecule has 1 aromatic heterocycles. The average molecular weight is 439 g/mol. The zero-order valence-electron chi connectivity index (χ0n) is 20.0. The average Bonchev–Trinajstić information content (AvgIpc) is 2.83. The van der Waals surface area contributed by atoms with Crippen LogP contribution in [-0.4, -0.2) is 9.97 Å². The lowest BCUT2D eigenvalue weighted by Crippen LogP contribution is -1.98. The van der Waals surface area contributed by atoms with Crippen molar-refractivity contribution in [3.63, 3.8) is 0 Å². The second-order valence-corrected chi connectivity index (χ2v) is 9.34. The van der Waals surface area contributed by atoms with Crippen molar-refractivity contribution in [3.05, 3.63) is 107 Å². The minimum absolute atomic E-state index is 0.919. The Kier molecular flexibility index (Phi) is 4.70. The van der Waals surface area contributed by atoms with Gasteiger partial charge in [-0.1, -0.05) is 83.9 Å². The summed E-state index contributed by atoms with van der Waals surface area (Å²) in [5, 5.41) is 2.42. The van der Waals surface area contributed by atoms with Gasteiger partial charge in [-0.05, 0) is 72.9 Å². The summed E-state index contributed by atoms with van der Waals surface area (Å²) in [5.41, 5.74) is 13.5. The first-order valence-corrected chi connectivity index (χ1v) is 11.8. The quantitative estimate of drug-likeness (QED) is 0.253. The van der Waals surface area contributed by atoms with Gasteiger partial charge in [-0.3, -0.25) is 0 Å². The van der Waals surface area contributed by atoms with Gasteiger partial charge in [0.05, 0.1) is 22.1 Å². The van der Waals surface area contributed by atoms with Crippen LogP contribution in [0.25, 0.3) is 55.1 Å². The summed E-state index contributed by atoms with van der Waals surface area (Å²) in [6.07, 6.45) is 0. The first-order valence-electron chi connectivity index (χ1n) is 11.8. The summed E-state index contributed by atoms with van der Waals surface area (Å²) in [6.45, 7) is 8.66. The number of para-hydroxylation sites is 2. The maximum Gasteiger partial charge on any atom is 0.0985 e. The fraction of sp³-hybridized carbons (Fsp3) is 0.125. The molecule has 0 bridgehead atoms. The highest BCUT2D eigenvalue weighted by Gasteiger charge is 2.21. The highest BCUT2D eigenvalue weighted by Crippen LogP contribution is 2.44. The molecule has 0 spiro atoms. The van der Waals surface area contributed by atoms with E-state index in [4.69, 9.17) is 9.97 Å². The number of nitrogens with zero attached hydrogens (tertiary/aromatic N) is 2. The number of fused-ring (bicyclic) bond motifs is 3. The molecular formula is C32H26N2. The molecule has 0 saturated heterocycles. The van der Waals surface area contributed by atoms with E-state index >= 15 is 0 Å². The van der Waals surface area contributed by atoms with Crippen LogP contribution >= 0.6 is 0 Å².